The maximum absolute atomic E-state index is 12.6. The van der Waals surface area contributed by atoms with E-state index >= 15 is 0 Å². The van der Waals surface area contributed by atoms with E-state index in [1.165, 1.54) is 24.6 Å². The first-order chi connectivity index (χ1) is 11.7. The SMILES string of the molecule is CC1(S(=O)(=O)NC(=O)c2ccc(C(=O)O)cc2N2CC3CC3C2)CC1. The van der Waals surface area contributed by atoms with Gasteiger partial charge in [0.05, 0.1) is 21.6 Å². The molecule has 3 fully saturated rings. The van der Waals surface area contributed by atoms with E-state index in [2.05, 4.69) is 4.72 Å². The van der Waals surface area contributed by atoms with Crippen LogP contribution in [0.15, 0.2) is 18.2 Å². The van der Waals surface area contributed by atoms with E-state index in [9.17, 15) is 23.1 Å². The average molecular weight is 364 g/mol. The highest BCUT2D eigenvalue weighted by Crippen LogP contribution is 2.47. The Hall–Kier alpha value is -2.09. The normalized spacial score (nSPS) is 26.0. The lowest BCUT2D eigenvalue weighted by atomic mass is 10.1. The zero-order chi connectivity index (χ0) is 18.0. The summed E-state index contributed by atoms with van der Waals surface area (Å²) in [6.07, 6.45) is 2.25. The van der Waals surface area contributed by atoms with E-state index in [-0.39, 0.29) is 11.1 Å². The fourth-order valence-electron chi connectivity index (χ4n) is 3.46. The molecule has 134 valence electrons. The number of carboxylic acids is 1. The van der Waals surface area contributed by atoms with Crippen molar-refractivity contribution in [2.45, 2.75) is 30.9 Å². The molecular weight excluding hydrogens is 344 g/mol. The van der Waals surface area contributed by atoms with Crippen molar-refractivity contribution in [2.24, 2.45) is 11.8 Å². The molecule has 2 N–H and O–H groups in total. The first kappa shape index (κ1) is 16.4. The van der Waals surface area contributed by atoms with Gasteiger partial charge in [0.25, 0.3) is 5.91 Å². The predicted octanol–water partition coefficient (Wildman–Crippen LogP) is 1.45. The van der Waals surface area contributed by atoms with Crippen LogP contribution in [-0.2, 0) is 10.0 Å². The zero-order valence-electron chi connectivity index (χ0n) is 13.9. The summed E-state index contributed by atoms with van der Waals surface area (Å²) in [5, 5.41) is 9.23. The molecule has 1 heterocycles. The zero-order valence-corrected chi connectivity index (χ0v) is 14.7. The molecule has 2 aliphatic carbocycles. The van der Waals surface area contributed by atoms with Gasteiger partial charge in [-0.2, -0.15) is 0 Å². The molecule has 0 bridgehead atoms. The lowest BCUT2D eigenvalue weighted by Crippen LogP contribution is -2.39. The average Bonchev–Trinajstić information content (AvgIpc) is 3.45. The van der Waals surface area contributed by atoms with E-state index in [0.29, 0.717) is 30.4 Å². The predicted molar refractivity (Wildman–Crippen MR) is 91.2 cm³/mol. The van der Waals surface area contributed by atoms with E-state index < -0.39 is 26.6 Å². The minimum Gasteiger partial charge on any atom is -0.478 e. The molecule has 1 amide bonds. The molecule has 0 radical (unpaired) electrons. The van der Waals surface area contributed by atoms with Gasteiger partial charge in [0, 0.05) is 13.1 Å². The Kier molecular flexibility index (Phi) is 3.41. The Bertz CT molecular complexity index is 865. The van der Waals surface area contributed by atoms with Crippen LogP contribution in [0.2, 0.25) is 0 Å². The number of fused-ring (bicyclic) bond motifs is 1. The minimum atomic E-state index is -3.74. The van der Waals surface area contributed by atoms with E-state index in [1.807, 2.05) is 4.90 Å². The Morgan fingerprint density at radius 3 is 2.44 bits per heavy atom. The molecular formula is C17H20N2O5S. The lowest BCUT2D eigenvalue weighted by Gasteiger charge is -2.24. The van der Waals surface area contributed by atoms with Crippen molar-refractivity contribution in [1.82, 2.24) is 4.72 Å². The molecule has 3 aliphatic rings. The molecule has 1 saturated heterocycles. The molecule has 1 aromatic rings. The standard InChI is InChI=1S/C17H20N2O5S/c1-17(4-5-17)25(23,24)18-15(20)13-3-2-10(16(21)22)7-14(13)19-8-11-6-12(11)9-19/h2-3,7,11-12H,4-6,8-9H2,1H3,(H,18,20)(H,21,22). The summed E-state index contributed by atoms with van der Waals surface area (Å²) in [5.41, 5.74) is 0.795. The second kappa shape index (κ2) is 5.20. The number of nitrogens with one attached hydrogen (secondary N) is 1. The summed E-state index contributed by atoms with van der Waals surface area (Å²) >= 11 is 0. The molecule has 2 unspecified atom stereocenters. The molecule has 1 aliphatic heterocycles. The van der Waals surface area contributed by atoms with Gasteiger partial charge >= 0.3 is 5.97 Å². The first-order valence-corrected chi connectivity index (χ1v) is 9.87. The maximum atomic E-state index is 12.6. The molecule has 2 saturated carbocycles. The van der Waals surface area contributed by atoms with Crippen molar-refractivity contribution >= 4 is 27.6 Å². The third kappa shape index (κ3) is 2.78. The van der Waals surface area contributed by atoms with Gasteiger partial charge in [-0.25, -0.2) is 17.9 Å². The number of carbonyl (C=O) groups is 2. The third-order valence-corrected chi connectivity index (χ3v) is 7.80. The summed E-state index contributed by atoms with van der Waals surface area (Å²) in [7, 11) is -3.74. The van der Waals surface area contributed by atoms with Crippen LogP contribution in [0.4, 0.5) is 5.69 Å². The third-order valence-electron chi connectivity index (χ3n) is 5.64. The van der Waals surface area contributed by atoms with Crippen molar-refractivity contribution in [1.29, 1.82) is 0 Å². The highest BCUT2D eigenvalue weighted by molar-refractivity contribution is 7.91. The number of piperidine rings is 1. The van der Waals surface area contributed by atoms with Gasteiger partial charge in [0.1, 0.15) is 0 Å². The number of hydrogen-bond acceptors (Lipinski definition) is 5. The van der Waals surface area contributed by atoms with Gasteiger partial charge in [-0.1, -0.05) is 0 Å². The van der Waals surface area contributed by atoms with Crippen LogP contribution < -0.4 is 9.62 Å². The molecule has 2 atom stereocenters. The number of aromatic carboxylic acids is 1. The van der Waals surface area contributed by atoms with Crippen LogP contribution in [0, 0.1) is 11.8 Å². The van der Waals surface area contributed by atoms with Crippen LogP contribution in [0.5, 0.6) is 0 Å². The Morgan fingerprint density at radius 1 is 1.24 bits per heavy atom. The number of anilines is 1. The molecule has 0 aromatic heterocycles. The molecule has 25 heavy (non-hydrogen) atoms. The van der Waals surface area contributed by atoms with Gasteiger partial charge in [-0.05, 0) is 56.2 Å². The molecule has 1 aromatic carbocycles. The van der Waals surface area contributed by atoms with Crippen molar-refractivity contribution in [3.8, 4) is 0 Å². The largest absolute Gasteiger partial charge is 0.478 e. The minimum absolute atomic E-state index is 0.0872. The summed E-state index contributed by atoms with van der Waals surface area (Å²) in [5.74, 6) is -0.576. The number of rotatable bonds is 5. The summed E-state index contributed by atoms with van der Waals surface area (Å²) < 4.78 is 25.9. The highest BCUT2D eigenvalue weighted by Gasteiger charge is 2.51. The van der Waals surface area contributed by atoms with Crippen molar-refractivity contribution in [3.63, 3.8) is 0 Å². The van der Waals surface area contributed by atoms with Crippen molar-refractivity contribution < 1.29 is 23.1 Å². The van der Waals surface area contributed by atoms with Crippen LogP contribution in [-0.4, -0.2) is 43.2 Å². The number of sulfonamides is 1. The van der Waals surface area contributed by atoms with Gasteiger partial charge in [-0.3, -0.25) is 4.79 Å². The van der Waals surface area contributed by atoms with E-state index in [1.54, 1.807) is 6.92 Å². The van der Waals surface area contributed by atoms with Gasteiger partial charge in [0.15, 0.2) is 0 Å². The number of benzene rings is 1. The molecule has 0 spiro atoms. The highest BCUT2D eigenvalue weighted by atomic mass is 32.2. The van der Waals surface area contributed by atoms with Crippen LogP contribution in [0.3, 0.4) is 0 Å². The number of carboxylic acid groups (broad SMARTS) is 1. The Balaban J connectivity index is 1.65. The van der Waals surface area contributed by atoms with Gasteiger partial charge in [0.2, 0.25) is 10.0 Å². The topological polar surface area (TPSA) is 104 Å². The summed E-state index contributed by atoms with van der Waals surface area (Å²) in [4.78, 5) is 25.9. The van der Waals surface area contributed by atoms with Crippen molar-refractivity contribution in [2.75, 3.05) is 18.0 Å². The van der Waals surface area contributed by atoms with Crippen molar-refractivity contribution in [3.05, 3.63) is 29.3 Å². The summed E-state index contributed by atoms with van der Waals surface area (Å²) in [6, 6.07) is 4.21. The van der Waals surface area contributed by atoms with E-state index in [4.69, 9.17) is 0 Å². The quantitative estimate of drug-likeness (QED) is 0.820. The molecule has 8 heteroatoms. The maximum Gasteiger partial charge on any atom is 0.335 e. The van der Waals surface area contributed by atoms with Crippen LogP contribution in [0.1, 0.15) is 46.9 Å². The number of hydrogen-bond donors (Lipinski definition) is 2. The summed E-state index contributed by atoms with van der Waals surface area (Å²) in [6.45, 7) is 3.17. The lowest BCUT2D eigenvalue weighted by molar-refractivity contribution is 0.0696. The Labute approximate surface area is 146 Å². The Morgan fingerprint density at radius 2 is 1.88 bits per heavy atom. The molecule has 7 nitrogen and oxygen atoms in total. The monoisotopic (exact) mass is 364 g/mol. The number of nitrogens with zero attached hydrogens (tertiary/aromatic N) is 1. The fraction of sp³-hybridized carbons (Fsp3) is 0.529. The second-order valence-corrected chi connectivity index (χ2v) is 9.78. The number of amides is 1. The fourth-order valence-corrected chi connectivity index (χ4v) is 4.70. The first-order valence-electron chi connectivity index (χ1n) is 8.39. The van der Waals surface area contributed by atoms with Crippen LogP contribution >= 0.6 is 0 Å². The molecule has 4 rings (SSSR count). The number of carbonyl (C=O) groups excluding carboxylic acids is 1. The van der Waals surface area contributed by atoms with Gasteiger partial charge in [-0.15, -0.1) is 0 Å². The smallest absolute Gasteiger partial charge is 0.335 e. The van der Waals surface area contributed by atoms with Gasteiger partial charge < -0.3 is 10.0 Å². The van der Waals surface area contributed by atoms with Crippen LogP contribution in [0.25, 0.3) is 0 Å². The van der Waals surface area contributed by atoms with E-state index in [0.717, 1.165) is 13.1 Å². The second-order valence-electron chi connectivity index (χ2n) is 7.58.